The van der Waals surface area contributed by atoms with Crippen LogP contribution in [0.25, 0.3) is 0 Å². The van der Waals surface area contributed by atoms with E-state index in [0.717, 1.165) is 6.07 Å². The molecule has 12 heteroatoms. The van der Waals surface area contributed by atoms with Crippen LogP contribution in [0.1, 0.15) is 6.42 Å². The van der Waals surface area contributed by atoms with Crippen molar-refractivity contribution < 1.29 is 18.1 Å². The molecule has 1 amide bonds. The molecule has 1 atom stereocenters. The molecular formula is C18H22ClN5O5S. The van der Waals surface area contributed by atoms with E-state index in [1.165, 1.54) is 18.3 Å². The van der Waals surface area contributed by atoms with Crippen LogP contribution in [0.15, 0.2) is 30.0 Å². The van der Waals surface area contributed by atoms with Gasteiger partial charge < -0.3 is 15.1 Å². The second-order valence-corrected chi connectivity index (χ2v) is 9.77. The minimum absolute atomic E-state index is 0.0410. The van der Waals surface area contributed by atoms with Gasteiger partial charge in [0.2, 0.25) is 0 Å². The van der Waals surface area contributed by atoms with Crippen LogP contribution in [-0.2, 0) is 14.6 Å². The van der Waals surface area contributed by atoms with Gasteiger partial charge in [-0.1, -0.05) is 11.6 Å². The monoisotopic (exact) mass is 455 g/mol. The predicted octanol–water partition coefficient (Wildman–Crippen LogP) is 1.64. The number of nitrogens with zero attached hydrogens (tertiary/aromatic N) is 4. The molecule has 0 saturated carbocycles. The average Bonchev–Trinajstić information content (AvgIpc) is 3.02. The quantitative estimate of drug-likeness (QED) is 0.270. The third kappa shape index (κ3) is 6.41. The Balaban J connectivity index is 2.25. The van der Waals surface area contributed by atoms with E-state index in [2.05, 4.69) is 5.32 Å². The van der Waals surface area contributed by atoms with Gasteiger partial charge in [-0.2, -0.15) is 5.26 Å². The van der Waals surface area contributed by atoms with Gasteiger partial charge in [0.15, 0.2) is 9.84 Å². The summed E-state index contributed by atoms with van der Waals surface area (Å²) in [4.78, 5) is 26.5. The number of amides is 1. The van der Waals surface area contributed by atoms with E-state index in [9.17, 15) is 28.6 Å². The van der Waals surface area contributed by atoms with Crippen molar-refractivity contribution in [2.45, 2.75) is 12.5 Å². The number of hydrogen-bond acceptors (Lipinski definition) is 8. The van der Waals surface area contributed by atoms with Gasteiger partial charge >= 0.3 is 0 Å². The molecule has 1 aromatic carbocycles. The molecule has 2 rings (SSSR count). The highest BCUT2D eigenvalue weighted by Crippen LogP contribution is 2.27. The fourth-order valence-corrected chi connectivity index (χ4v) is 4.87. The SMILES string of the molecule is CN(C)CCN(/C=C(/C#N)C(=O)Nc1ccc(Cl)c([N+](=O)[O-])c1)C1CCS(=O)(=O)C1. The molecule has 30 heavy (non-hydrogen) atoms. The summed E-state index contributed by atoms with van der Waals surface area (Å²) >= 11 is 5.76. The minimum atomic E-state index is -3.15. The Morgan fingerprint density at radius 3 is 2.67 bits per heavy atom. The van der Waals surface area contributed by atoms with Gasteiger partial charge in [-0.25, -0.2) is 8.42 Å². The number of sulfone groups is 1. The van der Waals surface area contributed by atoms with Crippen molar-refractivity contribution in [3.05, 3.63) is 45.1 Å². The molecule has 162 valence electrons. The fourth-order valence-electron chi connectivity index (χ4n) is 2.94. The summed E-state index contributed by atoms with van der Waals surface area (Å²) in [6, 6.07) is 5.25. The van der Waals surface area contributed by atoms with E-state index in [1.807, 2.05) is 25.1 Å². The molecule has 0 aliphatic carbocycles. The summed E-state index contributed by atoms with van der Waals surface area (Å²) in [7, 11) is 0.568. The lowest BCUT2D eigenvalue weighted by Crippen LogP contribution is -2.37. The van der Waals surface area contributed by atoms with Crippen LogP contribution >= 0.6 is 11.6 Å². The van der Waals surface area contributed by atoms with Crippen LogP contribution in [-0.4, -0.2) is 73.8 Å². The topological polar surface area (TPSA) is 137 Å². The molecule has 1 aromatic rings. The van der Waals surface area contributed by atoms with E-state index < -0.39 is 20.7 Å². The number of nitrogens with one attached hydrogen (secondary N) is 1. The molecule has 0 spiro atoms. The third-order valence-corrected chi connectivity index (χ3v) is 6.61. The highest BCUT2D eigenvalue weighted by molar-refractivity contribution is 7.91. The van der Waals surface area contributed by atoms with Crippen molar-refractivity contribution in [3.8, 4) is 6.07 Å². The largest absolute Gasteiger partial charge is 0.371 e. The van der Waals surface area contributed by atoms with E-state index >= 15 is 0 Å². The van der Waals surface area contributed by atoms with Crippen LogP contribution in [0, 0.1) is 21.4 Å². The first-order valence-electron chi connectivity index (χ1n) is 9.00. The van der Waals surface area contributed by atoms with Crippen LogP contribution in [0.2, 0.25) is 5.02 Å². The highest BCUT2D eigenvalue weighted by Gasteiger charge is 2.31. The number of hydrogen-bond donors (Lipinski definition) is 1. The number of likely N-dealkylation sites (N-methyl/N-ethyl adjacent to an activating group) is 1. The molecule has 0 radical (unpaired) electrons. The predicted molar refractivity (Wildman–Crippen MR) is 113 cm³/mol. The molecule has 1 heterocycles. The number of nitro benzene ring substituents is 1. The Hall–Kier alpha value is -2.68. The maximum absolute atomic E-state index is 12.6. The molecular weight excluding hydrogens is 434 g/mol. The molecule has 0 aromatic heterocycles. The summed E-state index contributed by atoms with van der Waals surface area (Å²) in [6.07, 6.45) is 1.77. The molecule has 0 bridgehead atoms. The van der Waals surface area contributed by atoms with Crippen molar-refractivity contribution in [2.24, 2.45) is 0 Å². The molecule has 1 aliphatic heterocycles. The van der Waals surface area contributed by atoms with Crippen molar-refractivity contribution in [1.29, 1.82) is 5.26 Å². The zero-order chi connectivity index (χ0) is 22.5. The van der Waals surface area contributed by atoms with Crippen molar-refractivity contribution in [3.63, 3.8) is 0 Å². The van der Waals surface area contributed by atoms with Crippen molar-refractivity contribution >= 4 is 38.7 Å². The van der Waals surface area contributed by atoms with Gasteiger partial charge in [0.25, 0.3) is 11.6 Å². The second kappa shape index (κ2) is 9.88. The number of nitro groups is 1. The lowest BCUT2D eigenvalue weighted by Gasteiger charge is -2.28. The van der Waals surface area contributed by atoms with E-state index in [-0.39, 0.29) is 39.5 Å². The zero-order valence-corrected chi connectivity index (χ0v) is 18.1. The van der Waals surface area contributed by atoms with Crippen molar-refractivity contribution in [2.75, 3.05) is 44.0 Å². The number of carbonyl (C=O) groups excluding carboxylic acids is 1. The van der Waals surface area contributed by atoms with Crippen LogP contribution < -0.4 is 5.32 Å². The highest BCUT2D eigenvalue weighted by atomic mass is 35.5. The van der Waals surface area contributed by atoms with Gasteiger partial charge in [-0.3, -0.25) is 14.9 Å². The third-order valence-electron chi connectivity index (χ3n) is 4.54. The van der Waals surface area contributed by atoms with Gasteiger partial charge in [-0.05, 0) is 32.6 Å². The first-order valence-corrected chi connectivity index (χ1v) is 11.2. The van der Waals surface area contributed by atoms with Gasteiger partial charge in [0.05, 0.1) is 16.4 Å². The smallest absolute Gasteiger partial charge is 0.289 e. The van der Waals surface area contributed by atoms with E-state index in [1.54, 1.807) is 4.90 Å². The minimum Gasteiger partial charge on any atom is -0.371 e. The summed E-state index contributed by atoms with van der Waals surface area (Å²) < 4.78 is 23.7. The number of anilines is 1. The van der Waals surface area contributed by atoms with Crippen LogP contribution in [0.5, 0.6) is 0 Å². The number of rotatable bonds is 8. The fraction of sp³-hybridized carbons (Fsp3) is 0.444. The Morgan fingerprint density at radius 1 is 1.43 bits per heavy atom. The van der Waals surface area contributed by atoms with E-state index in [4.69, 9.17) is 11.6 Å². The average molecular weight is 456 g/mol. The Kier molecular flexibility index (Phi) is 7.77. The first-order chi connectivity index (χ1) is 14.0. The van der Waals surface area contributed by atoms with E-state index in [0.29, 0.717) is 19.5 Å². The van der Waals surface area contributed by atoms with Gasteiger partial charge in [0.1, 0.15) is 16.7 Å². The number of halogens is 1. The maximum atomic E-state index is 12.6. The zero-order valence-electron chi connectivity index (χ0n) is 16.5. The Bertz CT molecular complexity index is 1000. The summed E-state index contributed by atoms with van der Waals surface area (Å²) in [5, 5.41) is 22.8. The van der Waals surface area contributed by atoms with Gasteiger partial charge in [-0.15, -0.1) is 0 Å². The molecule has 1 saturated heterocycles. The molecule has 10 nitrogen and oxygen atoms in total. The molecule has 1 fully saturated rings. The molecule has 1 unspecified atom stereocenters. The Labute approximate surface area is 179 Å². The summed E-state index contributed by atoms with van der Waals surface area (Å²) in [5.74, 6) is -0.738. The lowest BCUT2D eigenvalue weighted by atomic mass is 10.2. The Morgan fingerprint density at radius 2 is 2.13 bits per heavy atom. The number of nitriles is 1. The lowest BCUT2D eigenvalue weighted by molar-refractivity contribution is -0.384. The standard InChI is InChI=1S/C18H22ClN5O5S/c1-22(2)6-7-23(15-5-8-30(28,29)12-15)11-13(10-20)18(25)21-14-3-4-16(19)17(9-14)24(26)27/h3-4,9,11,15H,5-8,12H2,1-2H3,(H,21,25)/b13-11-. The van der Waals surface area contributed by atoms with Gasteiger partial charge in [0, 0.05) is 37.1 Å². The molecule has 1 aliphatic rings. The maximum Gasteiger partial charge on any atom is 0.289 e. The number of carbonyl (C=O) groups is 1. The van der Waals surface area contributed by atoms with Crippen LogP contribution in [0.4, 0.5) is 11.4 Å². The summed E-state index contributed by atoms with van der Waals surface area (Å²) in [5.41, 5.74) is -0.503. The molecule has 1 N–H and O–H groups in total. The second-order valence-electron chi connectivity index (χ2n) is 7.13. The van der Waals surface area contributed by atoms with Crippen LogP contribution in [0.3, 0.4) is 0 Å². The van der Waals surface area contributed by atoms with Crippen molar-refractivity contribution in [1.82, 2.24) is 9.80 Å². The first kappa shape index (κ1) is 23.6. The summed E-state index contributed by atoms with van der Waals surface area (Å²) in [6.45, 7) is 1.02. The number of benzene rings is 1. The normalized spacial score (nSPS) is 18.1.